The average molecular weight is 476 g/mol. The number of fused-ring (bicyclic) bond motifs is 4. The van der Waals surface area contributed by atoms with E-state index in [1.54, 1.807) is 24.5 Å². The van der Waals surface area contributed by atoms with Gasteiger partial charge in [0.25, 0.3) is 0 Å². The molecule has 3 unspecified atom stereocenters. The molecule has 1 aromatic heterocycles. The Bertz CT molecular complexity index is 1270. The van der Waals surface area contributed by atoms with Gasteiger partial charge in [-0.1, -0.05) is 41.4 Å². The van der Waals surface area contributed by atoms with Crippen molar-refractivity contribution >= 4 is 40.7 Å². The van der Waals surface area contributed by atoms with E-state index < -0.39 is 11.5 Å². The lowest BCUT2D eigenvalue weighted by Gasteiger charge is -2.36. The van der Waals surface area contributed by atoms with Crippen molar-refractivity contribution in [2.75, 3.05) is 16.9 Å². The van der Waals surface area contributed by atoms with E-state index in [1.807, 2.05) is 55.1 Å². The Morgan fingerprint density at radius 1 is 1.21 bits per heavy atom. The first kappa shape index (κ1) is 20.9. The molecule has 1 N–H and O–H groups in total. The second-order valence-corrected chi connectivity index (χ2v) is 10.4. The van der Waals surface area contributed by atoms with E-state index in [1.165, 1.54) is 0 Å². The maximum atomic E-state index is 14.3. The van der Waals surface area contributed by atoms with Crippen molar-refractivity contribution in [2.24, 2.45) is 5.92 Å². The van der Waals surface area contributed by atoms with E-state index in [0.29, 0.717) is 16.5 Å². The molecular weight excluding hydrogens is 454 g/mol. The second kappa shape index (κ2) is 7.69. The Balaban J connectivity index is 1.63. The second-order valence-electron chi connectivity index (χ2n) is 8.97. The molecule has 4 heterocycles. The number of thioether (sulfide) groups is 1. The van der Waals surface area contributed by atoms with E-state index in [2.05, 4.69) is 21.3 Å². The Kier molecular flexibility index (Phi) is 4.87. The van der Waals surface area contributed by atoms with Crippen molar-refractivity contribution < 1.29 is 9.59 Å². The first-order valence-electron chi connectivity index (χ1n) is 11.0. The predicted molar refractivity (Wildman–Crippen MR) is 131 cm³/mol. The van der Waals surface area contributed by atoms with Crippen LogP contribution in [0, 0.1) is 12.8 Å². The fourth-order valence-electron chi connectivity index (χ4n) is 5.94. The average Bonchev–Trinajstić information content (AvgIpc) is 3.48. The normalized spacial score (nSPS) is 28.1. The first-order valence-corrected chi connectivity index (χ1v) is 12.5. The molecule has 2 aromatic carbocycles. The zero-order valence-corrected chi connectivity index (χ0v) is 19.6. The summed E-state index contributed by atoms with van der Waals surface area (Å²) in [6.07, 6.45) is 3.27. The van der Waals surface area contributed by atoms with Crippen LogP contribution in [0.15, 0.2) is 67.0 Å². The molecule has 1 amide bonds. The van der Waals surface area contributed by atoms with Crippen molar-refractivity contribution in [1.29, 1.82) is 0 Å². The molecule has 7 heteroatoms. The monoisotopic (exact) mass is 475 g/mol. The van der Waals surface area contributed by atoms with Gasteiger partial charge in [0.2, 0.25) is 5.91 Å². The zero-order chi connectivity index (χ0) is 22.7. The van der Waals surface area contributed by atoms with Crippen LogP contribution in [0.4, 0.5) is 5.69 Å². The lowest BCUT2D eigenvalue weighted by Crippen LogP contribution is -2.52. The number of Topliss-reactive ketones (excluding diaryl/α,β-unsaturated/α-hetero) is 1. The predicted octanol–water partition coefficient (Wildman–Crippen LogP) is 4.86. The van der Waals surface area contributed by atoms with E-state index in [9.17, 15) is 9.59 Å². The highest BCUT2D eigenvalue weighted by molar-refractivity contribution is 7.99. The number of ketones is 1. The summed E-state index contributed by atoms with van der Waals surface area (Å²) >= 11 is 8.01. The number of hydrogen-bond donors (Lipinski definition) is 1. The number of carbonyl (C=O) groups is 2. The standard InChI is InChI=1S/C26H22ClN3O2S/c1-15-4-9-20-19(11-15)26(25(32)29-20)23(24(31)17-3-2-10-28-12-17)22(21-13-33-14-30(21)26)16-5-7-18(27)8-6-16/h2-12,21-23H,13-14H2,1H3,(H,29,32)/t21?,22?,23?,26-/m1/s1. The third kappa shape index (κ3) is 2.94. The summed E-state index contributed by atoms with van der Waals surface area (Å²) in [7, 11) is 0. The van der Waals surface area contributed by atoms with Gasteiger partial charge in [-0.25, -0.2) is 0 Å². The van der Waals surface area contributed by atoms with Crippen LogP contribution in [0.1, 0.15) is 33.0 Å². The first-order chi connectivity index (χ1) is 16.0. The van der Waals surface area contributed by atoms with Crippen LogP contribution in [0.3, 0.4) is 0 Å². The summed E-state index contributed by atoms with van der Waals surface area (Å²) < 4.78 is 0. The van der Waals surface area contributed by atoms with Gasteiger partial charge in [-0.05, 0) is 42.8 Å². The number of benzene rings is 2. The fourth-order valence-corrected chi connectivity index (χ4v) is 7.39. The largest absolute Gasteiger partial charge is 0.324 e. The van der Waals surface area contributed by atoms with E-state index in [-0.39, 0.29) is 23.7 Å². The molecule has 6 rings (SSSR count). The molecule has 0 saturated carbocycles. The smallest absolute Gasteiger partial charge is 0.250 e. The highest BCUT2D eigenvalue weighted by Gasteiger charge is 2.69. The number of aryl methyl sites for hydroxylation is 1. The summed E-state index contributed by atoms with van der Waals surface area (Å²) in [6, 6.07) is 17.4. The number of nitrogens with zero attached hydrogens (tertiary/aromatic N) is 2. The number of aromatic nitrogens is 1. The third-order valence-corrected chi connectivity index (χ3v) is 8.55. The Morgan fingerprint density at radius 2 is 2.03 bits per heavy atom. The molecule has 3 aliphatic heterocycles. The number of halogens is 1. The highest BCUT2D eigenvalue weighted by atomic mass is 35.5. The van der Waals surface area contributed by atoms with Crippen LogP contribution >= 0.6 is 23.4 Å². The van der Waals surface area contributed by atoms with E-state index >= 15 is 0 Å². The van der Waals surface area contributed by atoms with Crippen LogP contribution in [-0.2, 0) is 10.3 Å². The summed E-state index contributed by atoms with van der Waals surface area (Å²) in [6.45, 7) is 2.02. The number of anilines is 1. The quantitative estimate of drug-likeness (QED) is 0.548. The van der Waals surface area contributed by atoms with Gasteiger partial charge in [-0.2, -0.15) is 0 Å². The SMILES string of the molecule is Cc1ccc2c(c1)[C@]1(C(=O)N2)C(C(=O)c2cccnc2)C(c2ccc(Cl)cc2)C2CSCN21. The molecule has 4 atom stereocenters. The molecule has 2 fully saturated rings. The van der Waals surface area contributed by atoms with Gasteiger partial charge in [0.05, 0.1) is 5.92 Å². The summed E-state index contributed by atoms with van der Waals surface area (Å²) in [4.78, 5) is 34.7. The number of nitrogens with one attached hydrogen (secondary N) is 1. The van der Waals surface area contributed by atoms with Crippen LogP contribution in [0.2, 0.25) is 5.02 Å². The Morgan fingerprint density at radius 3 is 2.79 bits per heavy atom. The van der Waals surface area contributed by atoms with Gasteiger partial charge < -0.3 is 5.32 Å². The number of pyridine rings is 1. The maximum absolute atomic E-state index is 14.3. The highest BCUT2D eigenvalue weighted by Crippen LogP contribution is 2.61. The van der Waals surface area contributed by atoms with Gasteiger partial charge in [0, 0.05) is 57.8 Å². The van der Waals surface area contributed by atoms with Gasteiger partial charge in [0.1, 0.15) is 5.54 Å². The number of amides is 1. The minimum atomic E-state index is -1.06. The van der Waals surface area contributed by atoms with Crippen LogP contribution in [-0.4, -0.2) is 39.2 Å². The molecule has 0 radical (unpaired) electrons. The maximum Gasteiger partial charge on any atom is 0.250 e. The van der Waals surface area contributed by atoms with Crippen molar-refractivity contribution in [3.8, 4) is 0 Å². The molecule has 3 aliphatic rings. The molecule has 166 valence electrons. The topological polar surface area (TPSA) is 62.3 Å². The molecule has 1 spiro atoms. The van der Waals surface area contributed by atoms with Crippen molar-refractivity contribution in [2.45, 2.75) is 24.4 Å². The van der Waals surface area contributed by atoms with Gasteiger partial charge in [-0.15, -0.1) is 11.8 Å². The van der Waals surface area contributed by atoms with Crippen molar-refractivity contribution in [3.63, 3.8) is 0 Å². The Labute approximate surface area is 201 Å². The zero-order valence-electron chi connectivity index (χ0n) is 18.0. The van der Waals surface area contributed by atoms with Crippen LogP contribution in [0.25, 0.3) is 0 Å². The third-order valence-electron chi connectivity index (χ3n) is 7.26. The fraction of sp³-hybridized carbons (Fsp3) is 0.269. The number of carbonyl (C=O) groups excluding carboxylic acids is 2. The number of rotatable bonds is 3. The van der Waals surface area contributed by atoms with Crippen LogP contribution in [0.5, 0.6) is 0 Å². The van der Waals surface area contributed by atoms with Gasteiger partial charge >= 0.3 is 0 Å². The minimum Gasteiger partial charge on any atom is -0.324 e. The lowest BCUT2D eigenvalue weighted by molar-refractivity contribution is -0.127. The van der Waals surface area contributed by atoms with E-state index in [0.717, 1.165) is 28.1 Å². The van der Waals surface area contributed by atoms with Crippen molar-refractivity contribution in [3.05, 3.63) is 94.3 Å². The molecule has 2 saturated heterocycles. The van der Waals surface area contributed by atoms with Crippen LogP contribution < -0.4 is 5.32 Å². The molecule has 3 aromatic rings. The van der Waals surface area contributed by atoms with Crippen molar-refractivity contribution in [1.82, 2.24) is 9.88 Å². The summed E-state index contributed by atoms with van der Waals surface area (Å²) in [5.74, 6) is 0.660. The Hall–Kier alpha value is -2.67. The molecule has 33 heavy (non-hydrogen) atoms. The minimum absolute atomic E-state index is 0.0491. The molecule has 5 nitrogen and oxygen atoms in total. The number of hydrogen-bond acceptors (Lipinski definition) is 5. The van der Waals surface area contributed by atoms with E-state index in [4.69, 9.17) is 11.6 Å². The lowest BCUT2D eigenvalue weighted by atomic mass is 9.69. The summed E-state index contributed by atoms with van der Waals surface area (Å²) in [5, 5.41) is 3.76. The molecular formula is C26H22ClN3O2S. The molecule has 0 aliphatic carbocycles. The summed E-state index contributed by atoms with van der Waals surface area (Å²) in [5.41, 5.74) is 3.26. The molecule has 0 bridgehead atoms. The van der Waals surface area contributed by atoms with Gasteiger partial charge in [-0.3, -0.25) is 19.5 Å². The van der Waals surface area contributed by atoms with Gasteiger partial charge in [0.15, 0.2) is 5.78 Å².